The molecule has 0 bridgehead atoms. The Bertz CT molecular complexity index is 778. The summed E-state index contributed by atoms with van der Waals surface area (Å²) in [5.41, 5.74) is 8.68. The number of aliphatic imine (C=N–C) groups is 1. The first-order chi connectivity index (χ1) is 13.0. The van der Waals surface area contributed by atoms with Gasteiger partial charge in [-0.15, -0.1) is 24.0 Å². The number of hydrogen-bond donors (Lipinski definition) is 3. The molecular weight excluding hydrogens is 467 g/mol. The van der Waals surface area contributed by atoms with E-state index in [1.807, 2.05) is 18.2 Å². The predicted octanol–water partition coefficient (Wildman–Crippen LogP) is 2.95. The SMILES string of the molecule is CN=C(NCc1cccc(OCC(N)=O)c1)NCC(C)c1ccc(C)cc1.I. The molecule has 0 saturated carbocycles. The molecule has 152 valence electrons. The van der Waals surface area contributed by atoms with Gasteiger partial charge in [0.2, 0.25) is 0 Å². The molecule has 2 rings (SSSR count). The van der Waals surface area contributed by atoms with Crippen LogP contribution in [-0.2, 0) is 11.3 Å². The first-order valence-corrected chi connectivity index (χ1v) is 8.99. The number of amides is 1. The Morgan fingerprint density at radius 2 is 1.89 bits per heavy atom. The Labute approximate surface area is 184 Å². The minimum Gasteiger partial charge on any atom is -0.484 e. The largest absolute Gasteiger partial charge is 0.484 e. The van der Waals surface area contributed by atoms with Crippen molar-refractivity contribution >= 4 is 35.8 Å². The summed E-state index contributed by atoms with van der Waals surface area (Å²) in [5, 5.41) is 6.64. The van der Waals surface area contributed by atoms with E-state index in [0.717, 1.165) is 18.1 Å². The zero-order valence-electron chi connectivity index (χ0n) is 16.6. The van der Waals surface area contributed by atoms with Gasteiger partial charge in [0.05, 0.1) is 0 Å². The Balaban J connectivity index is 0.00000392. The van der Waals surface area contributed by atoms with Crippen molar-refractivity contribution in [3.05, 3.63) is 65.2 Å². The summed E-state index contributed by atoms with van der Waals surface area (Å²) in [6, 6.07) is 16.1. The normalized spacial score (nSPS) is 11.9. The van der Waals surface area contributed by atoms with E-state index in [1.54, 1.807) is 13.1 Å². The van der Waals surface area contributed by atoms with E-state index in [9.17, 15) is 4.79 Å². The standard InChI is InChI=1S/C21H28N4O2.HI/c1-15-7-9-18(10-8-15)16(2)12-24-21(23-3)25-13-17-5-4-6-19(11-17)27-14-20(22)26;/h4-11,16H,12-14H2,1-3H3,(H2,22,26)(H2,23,24,25);1H. The second-order valence-corrected chi connectivity index (χ2v) is 6.52. The molecule has 1 unspecified atom stereocenters. The molecule has 28 heavy (non-hydrogen) atoms. The van der Waals surface area contributed by atoms with Crippen LogP contribution in [0.4, 0.5) is 0 Å². The van der Waals surface area contributed by atoms with Gasteiger partial charge in [0.15, 0.2) is 12.6 Å². The van der Waals surface area contributed by atoms with Gasteiger partial charge in [0.25, 0.3) is 5.91 Å². The lowest BCUT2D eigenvalue weighted by Gasteiger charge is -2.17. The molecule has 4 N–H and O–H groups in total. The number of aryl methyl sites for hydroxylation is 1. The second-order valence-electron chi connectivity index (χ2n) is 6.52. The van der Waals surface area contributed by atoms with Gasteiger partial charge in [-0.2, -0.15) is 0 Å². The van der Waals surface area contributed by atoms with E-state index < -0.39 is 5.91 Å². The fourth-order valence-electron chi connectivity index (χ4n) is 2.57. The van der Waals surface area contributed by atoms with Gasteiger partial charge in [-0.05, 0) is 36.1 Å². The number of nitrogens with two attached hydrogens (primary N) is 1. The molecule has 0 spiro atoms. The number of carbonyl (C=O) groups is 1. The van der Waals surface area contributed by atoms with Gasteiger partial charge in [0, 0.05) is 20.1 Å². The van der Waals surface area contributed by atoms with Crippen molar-refractivity contribution < 1.29 is 9.53 Å². The van der Waals surface area contributed by atoms with Crippen molar-refractivity contribution in [3.63, 3.8) is 0 Å². The van der Waals surface area contributed by atoms with Gasteiger partial charge < -0.3 is 21.1 Å². The van der Waals surface area contributed by atoms with Crippen molar-refractivity contribution in [1.82, 2.24) is 10.6 Å². The summed E-state index contributed by atoms with van der Waals surface area (Å²) >= 11 is 0. The molecule has 0 fully saturated rings. The van der Waals surface area contributed by atoms with Gasteiger partial charge in [-0.1, -0.05) is 48.9 Å². The third-order valence-electron chi connectivity index (χ3n) is 4.19. The number of nitrogens with one attached hydrogen (secondary N) is 2. The van der Waals surface area contributed by atoms with Crippen LogP contribution in [0.15, 0.2) is 53.5 Å². The van der Waals surface area contributed by atoms with Crippen LogP contribution in [0.1, 0.15) is 29.5 Å². The predicted molar refractivity (Wildman–Crippen MR) is 124 cm³/mol. The van der Waals surface area contributed by atoms with E-state index in [2.05, 4.69) is 53.7 Å². The van der Waals surface area contributed by atoms with Crippen LogP contribution in [0.5, 0.6) is 5.75 Å². The number of nitrogens with zero attached hydrogens (tertiary/aromatic N) is 1. The molecular formula is C21H29IN4O2. The average molecular weight is 496 g/mol. The number of benzene rings is 2. The minimum atomic E-state index is -0.495. The fourth-order valence-corrected chi connectivity index (χ4v) is 2.57. The minimum absolute atomic E-state index is 0. The quantitative estimate of drug-likeness (QED) is 0.298. The van der Waals surface area contributed by atoms with Crippen molar-refractivity contribution in [2.75, 3.05) is 20.2 Å². The number of ether oxygens (including phenoxy) is 1. The van der Waals surface area contributed by atoms with Gasteiger partial charge in [-0.25, -0.2) is 0 Å². The topological polar surface area (TPSA) is 88.7 Å². The molecule has 7 heteroatoms. The van der Waals surface area contributed by atoms with Gasteiger partial charge >= 0.3 is 0 Å². The maximum absolute atomic E-state index is 10.8. The highest BCUT2D eigenvalue weighted by atomic mass is 127. The molecule has 0 radical (unpaired) electrons. The van der Waals surface area contributed by atoms with Gasteiger partial charge in [0.1, 0.15) is 5.75 Å². The molecule has 0 heterocycles. The van der Waals surface area contributed by atoms with Gasteiger partial charge in [-0.3, -0.25) is 9.79 Å². The number of carbonyl (C=O) groups excluding carboxylic acids is 1. The third-order valence-corrected chi connectivity index (χ3v) is 4.19. The summed E-state index contributed by atoms with van der Waals surface area (Å²) in [6.45, 7) is 5.52. The zero-order valence-corrected chi connectivity index (χ0v) is 18.9. The number of halogens is 1. The summed E-state index contributed by atoms with van der Waals surface area (Å²) in [7, 11) is 1.75. The molecule has 0 aliphatic heterocycles. The molecule has 1 amide bonds. The maximum atomic E-state index is 10.8. The van der Waals surface area contributed by atoms with Crippen molar-refractivity contribution in [2.45, 2.75) is 26.3 Å². The van der Waals surface area contributed by atoms with Crippen LogP contribution < -0.4 is 21.1 Å². The third kappa shape index (κ3) is 8.16. The first kappa shape index (κ1) is 23.7. The summed E-state index contributed by atoms with van der Waals surface area (Å²) < 4.78 is 5.33. The average Bonchev–Trinajstić information content (AvgIpc) is 2.67. The number of guanidine groups is 1. The molecule has 2 aromatic carbocycles. The first-order valence-electron chi connectivity index (χ1n) is 8.99. The highest BCUT2D eigenvalue weighted by molar-refractivity contribution is 14.0. The van der Waals surface area contributed by atoms with Crippen LogP contribution in [-0.4, -0.2) is 32.1 Å². The Morgan fingerprint density at radius 1 is 1.18 bits per heavy atom. The zero-order chi connectivity index (χ0) is 19.6. The Kier molecular flexibility index (Phi) is 10.4. The molecule has 6 nitrogen and oxygen atoms in total. The van der Waals surface area contributed by atoms with Crippen molar-refractivity contribution in [2.24, 2.45) is 10.7 Å². The van der Waals surface area contributed by atoms with E-state index in [0.29, 0.717) is 18.2 Å². The van der Waals surface area contributed by atoms with Crippen molar-refractivity contribution in [1.29, 1.82) is 0 Å². The highest BCUT2D eigenvalue weighted by Crippen LogP contribution is 2.15. The number of hydrogen-bond acceptors (Lipinski definition) is 3. The summed E-state index contributed by atoms with van der Waals surface area (Å²) in [5.74, 6) is 1.22. The van der Waals surface area contributed by atoms with Crippen molar-refractivity contribution in [3.8, 4) is 5.75 Å². The molecule has 2 aromatic rings. The lowest BCUT2D eigenvalue weighted by molar-refractivity contribution is -0.119. The monoisotopic (exact) mass is 496 g/mol. The molecule has 0 saturated heterocycles. The Hall–Kier alpha value is -2.29. The van der Waals surface area contributed by atoms with E-state index >= 15 is 0 Å². The maximum Gasteiger partial charge on any atom is 0.255 e. The number of rotatable bonds is 8. The van der Waals surface area contributed by atoms with E-state index in [1.165, 1.54) is 11.1 Å². The summed E-state index contributed by atoms with van der Waals surface area (Å²) in [6.07, 6.45) is 0. The fraction of sp³-hybridized carbons (Fsp3) is 0.333. The molecule has 1 atom stereocenters. The molecule has 0 aromatic heterocycles. The van der Waals surface area contributed by atoms with Crippen LogP contribution in [0.25, 0.3) is 0 Å². The Morgan fingerprint density at radius 3 is 2.54 bits per heavy atom. The number of primary amides is 1. The van der Waals surface area contributed by atoms with Crippen LogP contribution in [0, 0.1) is 6.92 Å². The lowest BCUT2D eigenvalue weighted by Crippen LogP contribution is -2.38. The highest BCUT2D eigenvalue weighted by Gasteiger charge is 2.07. The summed E-state index contributed by atoms with van der Waals surface area (Å²) in [4.78, 5) is 15.1. The smallest absolute Gasteiger partial charge is 0.255 e. The van der Waals surface area contributed by atoms with Crippen LogP contribution in [0.2, 0.25) is 0 Å². The van der Waals surface area contributed by atoms with E-state index in [-0.39, 0.29) is 30.6 Å². The van der Waals surface area contributed by atoms with Crippen LogP contribution >= 0.6 is 24.0 Å². The van der Waals surface area contributed by atoms with E-state index in [4.69, 9.17) is 10.5 Å². The second kappa shape index (κ2) is 12.2. The molecule has 0 aliphatic carbocycles. The molecule has 0 aliphatic rings. The lowest BCUT2D eigenvalue weighted by atomic mass is 10.0. The van der Waals surface area contributed by atoms with Crippen LogP contribution in [0.3, 0.4) is 0 Å².